The third-order valence-corrected chi connectivity index (χ3v) is 3.61. The number of nitrogens with one attached hydrogen (secondary N) is 1. The number of anilines is 1. The molecule has 19 heavy (non-hydrogen) atoms. The molecule has 0 radical (unpaired) electrons. The van der Waals surface area contributed by atoms with Gasteiger partial charge < -0.3 is 5.32 Å². The molecule has 1 atom stereocenters. The van der Waals surface area contributed by atoms with Crippen molar-refractivity contribution in [2.45, 2.75) is 25.3 Å². The molecular formula is C16H15F2N. The van der Waals surface area contributed by atoms with Crippen LogP contribution in [0, 0.1) is 11.6 Å². The van der Waals surface area contributed by atoms with E-state index in [1.54, 1.807) is 0 Å². The van der Waals surface area contributed by atoms with E-state index < -0.39 is 0 Å². The van der Waals surface area contributed by atoms with Crippen molar-refractivity contribution in [3.05, 3.63) is 65.2 Å². The SMILES string of the molecule is Fc1ccc(F)c(CC2CCc3ccccc3N2)c1. The van der Waals surface area contributed by atoms with Gasteiger partial charge in [0.05, 0.1) is 0 Å². The van der Waals surface area contributed by atoms with Crippen molar-refractivity contribution < 1.29 is 8.78 Å². The second-order valence-electron chi connectivity index (χ2n) is 4.98. The number of aryl methyl sites for hydroxylation is 1. The minimum atomic E-state index is -0.382. The van der Waals surface area contributed by atoms with Crippen molar-refractivity contribution in [2.75, 3.05) is 5.32 Å². The first-order valence-corrected chi connectivity index (χ1v) is 6.51. The van der Waals surface area contributed by atoms with E-state index in [1.807, 2.05) is 18.2 Å². The normalized spacial score (nSPS) is 17.7. The first-order valence-electron chi connectivity index (χ1n) is 6.51. The number of rotatable bonds is 2. The van der Waals surface area contributed by atoms with Gasteiger partial charge in [0.1, 0.15) is 11.6 Å². The summed E-state index contributed by atoms with van der Waals surface area (Å²) in [5.41, 5.74) is 2.84. The maximum absolute atomic E-state index is 13.6. The van der Waals surface area contributed by atoms with Crippen LogP contribution in [0.25, 0.3) is 0 Å². The van der Waals surface area contributed by atoms with E-state index in [1.165, 1.54) is 17.7 Å². The molecule has 0 spiro atoms. The van der Waals surface area contributed by atoms with Crippen molar-refractivity contribution in [3.63, 3.8) is 0 Å². The Morgan fingerprint density at radius 3 is 2.84 bits per heavy atom. The van der Waals surface area contributed by atoms with E-state index >= 15 is 0 Å². The van der Waals surface area contributed by atoms with Gasteiger partial charge in [0.25, 0.3) is 0 Å². The number of para-hydroxylation sites is 1. The van der Waals surface area contributed by atoms with E-state index in [9.17, 15) is 8.78 Å². The molecule has 2 aromatic carbocycles. The Labute approximate surface area is 111 Å². The zero-order valence-corrected chi connectivity index (χ0v) is 10.5. The molecule has 0 bridgehead atoms. The summed E-state index contributed by atoms with van der Waals surface area (Å²) in [7, 11) is 0. The van der Waals surface area contributed by atoms with Gasteiger partial charge in [-0.05, 0) is 54.7 Å². The summed E-state index contributed by atoms with van der Waals surface area (Å²) in [6.45, 7) is 0. The third kappa shape index (κ3) is 2.60. The van der Waals surface area contributed by atoms with Crippen molar-refractivity contribution in [1.29, 1.82) is 0 Å². The molecule has 3 heteroatoms. The average Bonchev–Trinajstić information content (AvgIpc) is 2.43. The van der Waals surface area contributed by atoms with Gasteiger partial charge >= 0.3 is 0 Å². The van der Waals surface area contributed by atoms with Crippen molar-refractivity contribution in [2.24, 2.45) is 0 Å². The average molecular weight is 259 g/mol. The second-order valence-corrected chi connectivity index (χ2v) is 4.98. The van der Waals surface area contributed by atoms with Gasteiger partial charge in [0.15, 0.2) is 0 Å². The highest BCUT2D eigenvalue weighted by atomic mass is 19.1. The fourth-order valence-corrected chi connectivity index (χ4v) is 2.62. The minimum absolute atomic E-state index is 0.159. The van der Waals surface area contributed by atoms with E-state index in [2.05, 4.69) is 11.4 Å². The Kier molecular flexibility index (Phi) is 3.20. The molecular weight excluding hydrogens is 244 g/mol. The fraction of sp³-hybridized carbons (Fsp3) is 0.250. The number of benzene rings is 2. The monoisotopic (exact) mass is 259 g/mol. The van der Waals surface area contributed by atoms with Crippen molar-refractivity contribution in [1.82, 2.24) is 0 Å². The smallest absolute Gasteiger partial charge is 0.126 e. The molecule has 1 unspecified atom stereocenters. The molecule has 0 saturated carbocycles. The third-order valence-electron chi connectivity index (χ3n) is 3.61. The Balaban J connectivity index is 1.77. The zero-order valence-electron chi connectivity index (χ0n) is 10.5. The highest BCUT2D eigenvalue weighted by Gasteiger charge is 2.18. The van der Waals surface area contributed by atoms with Crippen molar-refractivity contribution in [3.8, 4) is 0 Å². The van der Waals surface area contributed by atoms with E-state index in [0.29, 0.717) is 12.0 Å². The summed E-state index contributed by atoms with van der Waals surface area (Å²) in [5, 5.41) is 3.40. The molecule has 0 aliphatic carbocycles. The summed E-state index contributed by atoms with van der Waals surface area (Å²) >= 11 is 0. The highest BCUT2D eigenvalue weighted by molar-refractivity contribution is 5.53. The summed E-state index contributed by atoms with van der Waals surface area (Å²) in [6, 6.07) is 11.9. The lowest BCUT2D eigenvalue weighted by Gasteiger charge is -2.27. The number of halogens is 2. The van der Waals surface area contributed by atoms with Crippen LogP contribution in [0.4, 0.5) is 14.5 Å². The summed E-state index contributed by atoms with van der Waals surface area (Å²) < 4.78 is 26.8. The standard InChI is InChI=1S/C16H15F2N/c17-13-6-8-15(18)12(9-13)10-14-7-5-11-3-1-2-4-16(11)19-14/h1-4,6,8-9,14,19H,5,7,10H2. The molecule has 1 aliphatic heterocycles. The van der Waals surface area contributed by atoms with Crippen LogP contribution in [0.2, 0.25) is 0 Å². The molecule has 1 aliphatic rings. The molecule has 1 heterocycles. The van der Waals surface area contributed by atoms with Crippen LogP contribution in [0.15, 0.2) is 42.5 Å². The van der Waals surface area contributed by atoms with Crippen LogP contribution in [-0.4, -0.2) is 6.04 Å². The van der Waals surface area contributed by atoms with Gasteiger partial charge in [-0.15, -0.1) is 0 Å². The predicted molar refractivity (Wildman–Crippen MR) is 72.2 cm³/mol. The molecule has 0 fully saturated rings. The zero-order chi connectivity index (χ0) is 13.2. The number of hydrogen-bond acceptors (Lipinski definition) is 1. The Hall–Kier alpha value is -1.90. The van der Waals surface area contributed by atoms with Crippen LogP contribution in [0.1, 0.15) is 17.5 Å². The van der Waals surface area contributed by atoms with Crippen LogP contribution in [0.3, 0.4) is 0 Å². The van der Waals surface area contributed by atoms with Gasteiger partial charge in [-0.1, -0.05) is 18.2 Å². The molecule has 0 aromatic heterocycles. The van der Waals surface area contributed by atoms with Gasteiger partial charge in [0.2, 0.25) is 0 Å². The number of fused-ring (bicyclic) bond motifs is 1. The lowest BCUT2D eigenvalue weighted by atomic mass is 9.94. The summed E-state index contributed by atoms with van der Waals surface area (Å²) in [5.74, 6) is -0.713. The predicted octanol–water partition coefficient (Wildman–Crippen LogP) is 3.93. The van der Waals surface area contributed by atoms with Gasteiger partial charge in [-0.3, -0.25) is 0 Å². The fourth-order valence-electron chi connectivity index (χ4n) is 2.62. The molecule has 0 amide bonds. The Bertz CT molecular complexity index is 595. The molecule has 98 valence electrons. The van der Waals surface area contributed by atoms with Crippen LogP contribution in [0.5, 0.6) is 0 Å². The van der Waals surface area contributed by atoms with E-state index in [-0.39, 0.29) is 17.7 Å². The largest absolute Gasteiger partial charge is 0.382 e. The topological polar surface area (TPSA) is 12.0 Å². The maximum atomic E-state index is 13.6. The second kappa shape index (κ2) is 5.00. The molecule has 0 saturated heterocycles. The Morgan fingerprint density at radius 2 is 1.95 bits per heavy atom. The lowest BCUT2D eigenvalue weighted by Crippen LogP contribution is -2.27. The molecule has 1 nitrogen and oxygen atoms in total. The first-order chi connectivity index (χ1) is 9.22. The first kappa shape index (κ1) is 12.2. The molecule has 1 N–H and O–H groups in total. The van der Waals surface area contributed by atoms with Gasteiger partial charge in [0, 0.05) is 11.7 Å². The molecule has 3 rings (SSSR count). The summed E-state index contributed by atoms with van der Waals surface area (Å²) in [4.78, 5) is 0. The van der Waals surface area contributed by atoms with Crippen LogP contribution in [-0.2, 0) is 12.8 Å². The van der Waals surface area contributed by atoms with Crippen molar-refractivity contribution >= 4 is 5.69 Å². The highest BCUT2D eigenvalue weighted by Crippen LogP contribution is 2.26. The van der Waals surface area contributed by atoms with Gasteiger partial charge in [-0.25, -0.2) is 8.78 Å². The Morgan fingerprint density at radius 1 is 1.11 bits per heavy atom. The minimum Gasteiger partial charge on any atom is -0.382 e. The van der Waals surface area contributed by atoms with Crippen LogP contribution < -0.4 is 5.32 Å². The lowest BCUT2D eigenvalue weighted by molar-refractivity contribution is 0.561. The number of hydrogen-bond donors (Lipinski definition) is 1. The molecule has 2 aromatic rings. The maximum Gasteiger partial charge on any atom is 0.126 e. The van der Waals surface area contributed by atoms with E-state index in [0.717, 1.165) is 24.6 Å². The quantitative estimate of drug-likeness (QED) is 0.861. The summed E-state index contributed by atoms with van der Waals surface area (Å²) in [6.07, 6.45) is 2.43. The van der Waals surface area contributed by atoms with E-state index in [4.69, 9.17) is 0 Å². The van der Waals surface area contributed by atoms with Gasteiger partial charge in [-0.2, -0.15) is 0 Å². The van der Waals surface area contributed by atoms with Crippen LogP contribution >= 0.6 is 0 Å².